The Hall–Kier alpha value is -5.06. The zero-order valence-electron chi connectivity index (χ0n) is 45.4. The number of fused-ring (bicyclic) bond motifs is 10. The van der Waals surface area contributed by atoms with Crippen LogP contribution in [0.15, 0.2) is 70.6 Å². The fourth-order valence-corrected chi connectivity index (χ4v) is 17.6. The summed E-state index contributed by atoms with van der Waals surface area (Å²) in [5.41, 5.74) is 9.03. The molecular formula is C61H83N5O12. The summed E-state index contributed by atoms with van der Waals surface area (Å²) in [6.07, 6.45) is 5.02. The maximum Gasteiger partial charge on any atom is 0.313 e. The van der Waals surface area contributed by atoms with Gasteiger partial charge < -0.3 is 67.4 Å². The van der Waals surface area contributed by atoms with Gasteiger partial charge in [0.1, 0.15) is 5.75 Å². The van der Waals surface area contributed by atoms with E-state index in [1.54, 1.807) is 37.4 Å². The van der Waals surface area contributed by atoms with Gasteiger partial charge in [0.15, 0.2) is 23.8 Å². The van der Waals surface area contributed by atoms with Gasteiger partial charge in [-0.3, -0.25) is 19.4 Å². The molecule has 7 aliphatic carbocycles. The van der Waals surface area contributed by atoms with E-state index in [1.807, 2.05) is 19.2 Å². The van der Waals surface area contributed by atoms with Gasteiger partial charge in [0.25, 0.3) is 0 Å². The van der Waals surface area contributed by atoms with Crippen LogP contribution in [0.25, 0.3) is 0 Å². The molecule has 10 rings (SSSR count). The summed E-state index contributed by atoms with van der Waals surface area (Å²) in [5, 5.41) is 99.9. The number of carbonyl (C=O) groups excluding carboxylic acids is 3. The zero-order valence-corrected chi connectivity index (χ0v) is 45.4. The van der Waals surface area contributed by atoms with Crippen molar-refractivity contribution in [2.75, 3.05) is 19.7 Å². The summed E-state index contributed by atoms with van der Waals surface area (Å²) >= 11 is 0. The smallest absolute Gasteiger partial charge is 0.313 e. The molecule has 1 aromatic heterocycles. The lowest BCUT2D eigenvalue weighted by Crippen LogP contribution is -2.65. The predicted octanol–water partition coefficient (Wildman–Crippen LogP) is 4.01. The largest absolute Gasteiger partial charge is 0.508 e. The van der Waals surface area contributed by atoms with Crippen molar-refractivity contribution in [3.05, 3.63) is 76.8 Å². The average molecular weight is 1080 g/mol. The number of ketones is 2. The summed E-state index contributed by atoms with van der Waals surface area (Å²) in [6, 6.07) is 8.46. The van der Waals surface area contributed by atoms with Crippen molar-refractivity contribution in [1.82, 2.24) is 10.3 Å². The molecule has 0 amide bonds. The highest BCUT2D eigenvalue weighted by molar-refractivity contribution is 6.00. The van der Waals surface area contributed by atoms with Gasteiger partial charge in [0.05, 0.1) is 54.3 Å². The molecule has 8 aliphatic rings. The second-order valence-corrected chi connectivity index (χ2v) is 25.6. The molecule has 17 nitrogen and oxygen atoms in total. The number of aromatic amines is 1. The third-order valence-corrected chi connectivity index (χ3v) is 21.3. The van der Waals surface area contributed by atoms with E-state index in [9.17, 15) is 50.4 Å². The lowest BCUT2D eigenvalue weighted by molar-refractivity contribution is -0.197. The lowest BCUT2D eigenvalue weighted by atomic mass is 9.44. The van der Waals surface area contributed by atoms with Gasteiger partial charge in [0, 0.05) is 66.8 Å². The fourth-order valence-electron chi connectivity index (χ4n) is 17.6. The number of allylic oxidation sites excluding steroid dienone is 3. The highest BCUT2D eigenvalue weighted by atomic mass is 16.5. The molecule has 1 saturated heterocycles. The van der Waals surface area contributed by atoms with Crippen molar-refractivity contribution in [2.24, 2.45) is 92.4 Å². The molecule has 17 heteroatoms. The number of aryl methyl sites for hydroxylation is 1. The Morgan fingerprint density at radius 3 is 2.45 bits per heavy atom. The molecule has 0 unspecified atom stereocenters. The molecule has 424 valence electrons. The van der Waals surface area contributed by atoms with E-state index in [4.69, 9.17) is 16.2 Å². The van der Waals surface area contributed by atoms with Crippen molar-refractivity contribution in [3.8, 4) is 17.6 Å². The van der Waals surface area contributed by atoms with E-state index in [0.717, 1.165) is 30.4 Å². The second kappa shape index (κ2) is 21.8. The number of H-pyrrole nitrogens is 1. The Labute approximate surface area is 457 Å². The van der Waals surface area contributed by atoms with Crippen LogP contribution in [0.5, 0.6) is 5.75 Å². The molecule has 14 N–H and O–H groups in total. The Balaban J connectivity index is 1.12. The number of aliphatic hydroxyl groups excluding tert-OH is 4. The first kappa shape index (κ1) is 56.2. The van der Waals surface area contributed by atoms with Gasteiger partial charge in [-0.25, -0.2) is 0 Å². The number of guanidine groups is 1. The van der Waals surface area contributed by atoms with Crippen LogP contribution in [0, 0.1) is 87.8 Å². The number of nitrogens with one attached hydrogen (secondary N) is 2. The Morgan fingerprint density at radius 2 is 1.73 bits per heavy atom. The van der Waals surface area contributed by atoms with Crippen molar-refractivity contribution >= 4 is 23.5 Å². The van der Waals surface area contributed by atoms with E-state index in [-0.39, 0.29) is 124 Å². The van der Waals surface area contributed by atoms with Crippen LogP contribution in [0.4, 0.5) is 0 Å². The summed E-state index contributed by atoms with van der Waals surface area (Å²) in [4.78, 5) is 50.6. The maximum absolute atomic E-state index is 15.4. The summed E-state index contributed by atoms with van der Waals surface area (Å²) in [5.74, 6) is 0.972. The van der Waals surface area contributed by atoms with Crippen molar-refractivity contribution < 1.29 is 60.0 Å². The minimum absolute atomic E-state index is 0.00451. The normalized spacial score (nSPS) is 41.4. The van der Waals surface area contributed by atoms with E-state index in [1.165, 1.54) is 5.57 Å². The Bertz CT molecular complexity index is 2720. The maximum atomic E-state index is 15.4. The zero-order chi connectivity index (χ0) is 55.6. The number of ether oxygens (including phenoxy) is 1. The SMILES string of the molecule is C[C@@H]1CCC2=CC[C@@H]3[C@H](C[C@H]([C@H]4COC(=O)[C@H]4c4cc[nH]c4)C#CC[C@H]4C[C@@]5(O)C6=C(NCC(=O)CCc7ccc(O)cc7)C(=O)[C@@H]7C[C@@H](O)[C@@H](O)C[C@]7(C)[C@H]6CC[C@]5(CCN=C(N)N)[C@H]4[C@@](C)(O)[C@H](O)C[C@H]3C(O)O)[C@H]2C1. The molecule has 1 aliphatic heterocycles. The Morgan fingerprint density at radius 1 is 0.962 bits per heavy atom. The molecule has 19 atom stereocenters. The minimum Gasteiger partial charge on any atom is -0.508 e. The van der Waals surface area contributed by atoms with Gasteiger partial charge in [-0.15, -0.1) is 5.92 Å². The van der Waals surface area contributed by atoms with E-state index < -0.39 is 93.8 Å². The Kier molecular flexibility index (Phi) is 15.7. The number of phenolic OH excluding ortho intramolecular Hbond substituents is 1. The van der Waals surface area contributed by atoms with Crippen LogP contribution < -0.4 is 16.8 Å². The van der Waals surface area contributed by atoms with Gasteiger partial charge in [-0.2, -0.15) is 0 Å². The summed E-state index contributed by atoms with van der Waals surface area (Å²) in [7, 11) is 0. The molecule has 78 heavy (non-hydrogen) atoms. The number of cyclic esters (lactones) is 1. The number of aromatic hydroxyl groups is 1. The second-order valence-electron chi connectivity index (χ2n) is 25.6. The number of nitrogens with zero attached hydrogens (tertiary/aromatic N) is 1. The molecule has 0 bridgehead atoms. The molecule has 5 fully saturated rings. The molecule has 2 aromatic rings. The van der Waals surface area contributed by atoms with E-state index in [0.29, 0.717) is 37.2 Å². The molecule has 1 aromatic carbocycles. The van der Waals surface area contributed by atoms with Gasteiger partial charge in [0.2, 0.25) is 0 Å². The number of hydrogen-bond acceptors (Lipinski definition) is 14. The fraction of sp³-hybridized carbons (Fsp3) is 0.672. The lowest BCUT2D eigenvalue weighted by Gasteiger charge is -2.62. The number of nitrogens with two attached hydrogens (primary N) is 2. The van der Waals surface area contributed by atoms with E-state index >= 15 is 4.79 Å². The summed E-state index contributed by atoms with van der Waals surface area (Å²) in [6.45, 7) is 5.61. The first-order valence-corrected chi connectivity index (χ1v) is 28.8. The number of carbonyl (C=O) groups is 3. The van der Waals surface area contributed by atoms with Crippen LogP contribution in [0.3, 0.4) is 0 Å². The monoisotopic (exact) mass is 1080 g/mol. The third-order valence-electron chi connectivity index (χ3n) is 21.3. The number of aliphatic imine (C=N–C) groups is 1. The standard InChI is InChI=1S/C61H83N5O12/c1-32-7-11-34-12-16-40-42(41(34)23-32)24-35(44-31-78-56(75)50(44)37-18-21-64-29-37)5-4-6-36-27-61(77)51-45(17-19-60(61,20-22-65-57(62)63)54(36)59(3,76)49(71)25-43(40)55(73)74)58(2)28-48(70)47(69)26-46(58)53(72)52(51)66-30-39(68)15-10-33-8-13-38(67)14-9-33/h8-9,12-14,18,21,29,32,35-36,40-50,54-55,64,66-67,69-71,73-74,76-77H,6-7,10-11,15-17,19-20,22-28,30-31H2,1-3H3,(H4,62,63,65)/t32-,35-,36+,40-,41+,42+,43-,44-,45+,46+,47-,48+,49-,50+,54-,58-,59+,60+,61-/m1/s1. The quantitative estimate of drug-likeness (QED) is 0.0357. The number of Topliss-reactive ketones (excluding diaryl/α,β-unsaturated/α-hetero) is 2. The number of phenols is 1. The van der Waals surface area contributed by atoms with Gasteiger partial charge in [-0.05, 0) is 166 Å². The molecule has 0 radical (unpaired) electrons. The van der Waals surface area contributed by atoms with Crippen LogP contribution in [0.2, 0.25) is 0 Å². The number of rotatable bonds is 12. The molecule has 2 heterocycles. The van der Waals surface area contributed by atoms with Crippen LogP contribution in [0.1, 0.15) is 128 Å². The first-order chi connectivity index (χ1) is 37.1. The van der Waals surface area contributed by atoms with Crippen molar-refractivity contribution in [3.63, 3.8) is 0 Å². The highest BCUT2D eigenvalue weighted by Gasteiger charge is 2.74. The minimum atomic E-state index is -2.05. The molecule has 4 saturated carbocycles. The van der Waals surface area contributed by atoms with E-state index in [2.05, 4.69) is 40.1 Å². The number of aromatic nitrogens is 1. The average Bonchev–Trinajstić information content (AvgIpc) is 3.30. The predicted molar refractivity (Wildman–Crippen MR) is 289 cm³/mol. The van der Waals surface area contributed by atoms with Crippen molar-refractivity contribution in [2.45, 2.75) is 159 Å². The number of benzene rings is 1. The third kappa shape index (κ3) is 9.93. The first-order valence-electron chi connectivity index (χ1n) is 28.8. The van der Waals surface area contributed by atoms with Crippen LogP contribution >= 0.6 is 0 Å². The van der Waals surface area contributed by atoms with Crippen LogP contribution in [-0.2, 0) is 25.5 Å². The van der Waals surface area contributed by atoms with Crippen molar-refractivity contribution in [1.29, 1.82) is 0 Å². The van der Waals surface area contributed by atoms with Gasteiger partial charge >= 0.3 is 5.97 Å². The van der Waals surface area contributed by atoms with Gasteiger partial charge in [-0.1, -0.05) is 43.5 Å². The topological polar surface area (TPSA) is 315 Å². The van der Waals surface area contributed by atoms with Crippen LogP contribution in [-0.4, -0.2) is 125 Å². The molecule has 0 spiro atoms. The number of aliphatic hydroxyl groups is 7. The number of hydrogen-bond donors (Lipinski definition) is 12. The summed E-state index contributed by atoms with van der Waals surface area (Å²) < 4.78 is 5.89. The number of esters is 1. The highest BCUT2D eigenvalue weighted by Crippen LogP contribution is 2.72. The molecular weight excluding hydrogens is 995 g/mol.